The van der Waals surface area contributed by atoms with Crippen LogP contribution in [0.25, 0.3) is 11.1 Å². The number of benzene rings is 2. The lowest BCUT2D eigenvalue weighted by Gasteiger charge is -2.10. The lowest BCUT2D eigenvalue weighted by atomic mass is 10.1. The van der Waals surface area contributed by atoms with E-state index >= 15 is 0 Å². The van der Waals surface area contributed by atoms with Crippen LogP contribution in [-0.2, 0) is 6.42 Å². The first-order valence-corrected chi connectivity index (χ1v) is 14.7. The van der Waals surface area contributed by atoms with Gasteiger partial charge in [-0.2, -0.15) is 0 Å². The molecule has 0 radical (unpaired) electrons. The number of rotatable bonds is 18. The Morgan fingerprint density at radius 1 is 0.744 bits per heavy atom. The van der Waals surface area contributed by atoms with Crippen molar-refractivity contribution in [2.24, 2.45) is 0 Å². The summed E-state index contributed by atoms with van der Waals surface area (Å²) < 4.78 is 25.7. The highest BCUT2D eigenvalue weighted by atomic mass is 19.1. The molecule has 0 saturated carbocycles. The van der Waals surface area contributed by atoms with Gasteiger partial charge >= 0.3 is 5.97 Å². The maximum atomic E-state index is 14.6. The molecule has 0 unspecified atom stereocenters. The van der Waals surface area contributed by atoms with Crippen LogP contribution in [0.2, 0.25) is 0 Å². The van der Waals surface area contributed by atoms with Crippen molar-refractivity contribution in [3.8, 4) is 22.6 Å². The second-order valence-electron chi connectivity index (χ2n) is 10.1. The molecule has 0 N–H and O–H groups in total. The Hall–Kier alpha value is -3.28. The molecule has 0 aliphatic carbocycles. The van der Waals surface area contributed by atoms with E-state index in [9.17, 15) is 9.18 Å². The van der Waals surface area contributed by atoms with E-state index in [4.69, 9.17) is 9.47 Å². The minimum absolute atomic E-state index is 0.0318. The summed E-state index contributed by atoms with van der Waals surface area (Å²) in [7, 11) is 0. The van der Waals surface area contributed by atoms with E-state index in [0.29, 0.717) is 12.4 Å². The number of ether oxygens (including phenoxy) is 2. The number of hydrogen-bond donors (Lipinski definition) is 0. The maximum absolute atomic E-state index is 14.6. The molecule has 0 fully saturated rings. The van der Waals surface area contributed by atoms with Crippen molar-refractivity contribution in [1.82, 2.24) is 9.97 Å². The molecule has 0 atom stereocenters. The monoisotopic (exact) mass is 534 g/mol. The molecular formula is C33H43FN2O3. The van der Waals surface area contributed by atoms with Crippen molar-refractivity contribution < 1.29 is 18.7 Å². The van der Waals surface area contributed by atoms with Crippen molar-refractivity contribution in [1.29, 1.82) is 0 Å². The Morgan fingerprint density at radius 2 is 1.33 bits per heavy atom. The van der Waals surface area contributed by atoms with Gasteiger partial charge < -0.3 is 9.47 Å². The molecule has 39 heavy (non-hydrogen) atoms. The fraction of sp³-hybridized carbons (Fsp3) is 0.485. The van der Waals surface area contributed by atoms with Gasteiger partial charge in [-0.1, -0.05) is 96.3 Å². The second-order valence-corrected chi connectivity index (χ2v) is 10.1. The summed E-state index contributed by atoms with van der Waals surface area (Å²) in [6.45, 7) is 4.94. The number of esters is 1. The molecular weight excluding hydrogens is 491 g/mol. The highest BCUT2D eigenvalue weighted by Gasteiger charge is 2.13. The number of nitrogens with zero attached hydrogens (tertiary/aromatic N) is 2. The molecule has 2 aromatic carbocycles. The first-order chi connectivity index (χ1) is 19.1. The summed E-state index contributed by atoms with van der Waals surface area (Å²) in [5.41, 5.74) is 2.56. The predicted octanol–water partition coefficient (Wildman–Crippen LogP) is 9.14. The molecule has 0 aliphatic heterocycles. The predicted molar refractivity (Wildman–Crippen MR) is 155 cm³/mol. The van der Waals surface area contributed by atoms with Crippen molar-refractivity contribution in [3.05, 3.63) is 72.1 Å². The van der Waals surface area contributed by atoms with Gasteiger partial charge in [-0.05, 0) is 60.2 Å². The van der Waals surface area contributed by atoms with Gasteiger partial charge in [-0.3, -0.25) is 0 Å². The van der Waals surface area contributed by atoms with E-state index in [1.165, 1.54) is 63.9 Å². The zero-order chi connectivity index (χ0) is 27.7. The highest BCUT2D eigenvalue weighted by Crippen LogP contribution is 2.27. The third-order valence-electron chi connectivity index (χ3n) is 6.79. The van der Waals surface area contributed by atoms with Crippen LogP contribution in [-0.4, -0.2) is 22.5 Å². The van der Waals surface area contributed by atoms with Gasteiger partial charge in [0, 0.05) is 12.4 Å². The Labute approximate surface area is 233 Å². The van der Waals surface area contributed by atoms with Gasteiger partial charge in [-0.25, -0.2) is 19.2 Å². The average Bonchev–Trinajstić information content (AvgIpc) is 2.96. The van der Waals surface area contributed by atoms with Crippen molar-refractivity contribution in [2.75, 3.05) is 6.61 Å². The molecule has 1 aromatic heterocycles. The van der Waals surface area contributed by atoms with E-state index in [0.717, 1.165) is 42.4 Å². The summed E-state index contributed by atoms with van der Waals surface area (Å²) in [4.78, 5) is 20.9. The SMILES string of the molecule is CCCCCCCCOc1ccc(-c2ccc(OC(=O)c3ncc(CCCCCCCC)cn3)cc2)cc1F. The standard InChI is InChI=1S/C33H43FN2O3/c1-3-5-7-9-11-13-15-26-24-35-32(36-25-26)33(37)39-29-19-16-27(17-20-29)28-18-21-31(30(34)23-28)38-22-14-12-10-8-6-4-2/h16-21,23-25H,3-15,22H2,1-2H3. The maximum Gasteiger partial charge on any atom is 0.381 e. The number of carbonyl (C=O) groups is 1. The van der Waals surface area contributed by atoms with Crippen LogP contribution >= 0.6 is 0 Å². The molecule has 0 amide bonds. The smallest absolute Gasteiger partial charge is 0.381 e. The summed E-state index contributed by atoms with van der Waals surface area (Å²) in [5, 5.41) is 0. The number of carbonyl (C=O) groups excluding carboxylic acids is 1. The van der Waals surface area contributed by atoms with Crippen LogP contribution in [0.4, 0.5) is 4.39 Å². The van der Waals surface area contributed by atoms with Crippen LogP contribution in [0.5, 0.6) is 11.5 Å². The quantitative estimate of drug-likeness (QED) is 0.0925. The van der Waals surface area contributed by atoms with Gasteiger partial charge in [0.15, 0.2) is 11.6 Å². The zero-order valence-electron chi connectivity index (χ0n) is 23.6. The normalized spacial score (nSPS) is 10.9. The second kappa shape index (κ2) is 17.3. The molecule has 1 heterocycles. The van der Waals surface area contributed by atoms with Crippen molar-refractivity contribution in [2.45, 2.75) is 97.3 Å². The Kier molecular flexibility index (Phi) is 13.5. The van der Waals surface area contributed by atoms with Crippen molar-refractivity contribution >= 4 is 5.97 Å². The van der Waals surface area contributed by atoms with Crippen molar-refractivity contribution in [3.63, 3.8) is 0 Å². The lowest BCUT2D eigenvalue weighted by Crippen LogP contribution is -2.13. The molecule has 210 valence electrons. The molecule has 0 bridgehead atoms. The van der Waals surface area contributed by atoms with E-state index in [2.05, 4.69) is 23.8 Å². The number of hydrogen-bond acceptors (Lipinski definition) is 5. The fourth-order valence-electron chi connectivity index (χ4n) is 4.43. The minimum atomic E-state index is -0.605. The summed E-state index contributed by atoms with van der Waals surface area (Å²) in [6, 6.07) is 11.9. The van der Waals surface area contributed by atoms with Gasteiger partial charge in [0.1, 0.15) is 5.75 Å². The summed E-state index contributed by atoms with van der Waals surface area (Å²) >= 11 is 0. The van der Waals surface area contributed by atoms with Gasteiger partial charge in [0.2, 0.25) is 5.82 Å². The van der Waals surface area contributed by atoms with Gasteiger partial charge in [-0.15, -0.1) is 0 Å². The molecule has 0 aliphatic rings. The van der Waals surface area contributed by atoms with E-state index in [1.54, 1.807) is 42.7 Å². The third-order valence-corrected chi connectivity index (χ3v) is 6.79. The molecule has 0 spiro atoms. The first-order valence-electron chi connectivity index (χ1n) is 14.7. The summed E-state index contributed by atoms with van der Waals surface area (Å²) in [5.74, 6) is -0.305. The number of unbranched alkanes of at least 4 members (excludes halogenated alkanes) is 10. The van der Waals surface area contributed by atoms with E-state index in [-0.39, 0.29) is 17.4 Å². The van der Waals surface area contributed by atoms with E-state index in [1.807, 2.05) is 6.07 Å². The Balaban J connectivity index is 1.45. The van der Waals surface area contributed by atoms with Crippen LogP contribution in [0.1, 0.15) is 107 Å². The molecule has 0 saturated heterocycles. The van der Waals surface area contributed by atoms with Crippen LogP contribution < -0.4 is 9.47 Å². The zero-order valence-corrected chi connectivity index (χ0v) is 23.6. The summed E-state index contributed by atoms with van der Waals surface area (Å²) in [6.07, 6.45) is 18.7. The van der Waals surface area contributed by atoms with Crippen LogP contribution in [0, 0.1) is 5.82 Å². The highest BCUT2D eigenvalue weighted by molar-refractivity contribution is 5.87. The van der Waals surface area contributed by atoms with Crippen LogP contribution in [0.15, 0.2) is 54.9 Å². The topological polar surface area (TPSA) is 61.3 Å². The Bertz CT molecular complexity index is 1120. The lowest BCUT2D eigenvalue weighted by molar-refractivity contribution is 0.0721. The van der Waals surface area contributed by atoms with E-state index < -0.39 is 5.97 Å². The average molecular weight is 535 g/mol. The first kappa shape index (κ1) is 30.3. The number of aromatic nitrogens is 2. The molecule has 6 heteroatoms. The fourth-order valence-corrected chi connectivity index (χ4v) is 4.43. The van der Waals surface area contributed by atoms with Gasteiger partial charge in [0.25, 0.3) is 0 Å². The van der Waals surface area contributed by atoms with Gasteiger partial charge in [0.05, 0.1) is 6.61 Å². The molecule has 5 nitrogen and oxygen atoms in total. The minimum Gasteiger partial charge on any atom is -0.491 e. The number of halogens is 1. The molecule has 3 aromatic rings. The van der Waals surface area contributed by atoms with Crippen LogP contribution in [0.3, 0.4) is 0 Å². The Morgan fingerprint density at radius 3 is 1.97 bits per heavy atom. The third kappa shape index (κ3) is 10.8. The number of aryl methyl sites for hydroxylation is 1. The largest absolute Gasteiger partial charge is 0.491 e. The molecule has 3 rings (SSSR count).